The number of hydrogen-bond acceptors (Lipinski definition) is 8. The topological polar surface area (TPSA) is 93.3 Å². The minimum Gasteiger partial charge on any atom is -0.401 e. The summed E-state index contributed by atoms with van der Waals surface area (Å²) in [5.74, 6) is 0.233. The quantitative estimate of drug-likeness (QED) is 0.562. The lowest BCUT2D eigenvalue weighted by Gasteiger charge is -2.11. The molecule has 142 valence electrons. The molecule has 1 atom stereocenters. The Balaban J connectivity index is 1.52. The van der Waals surface area contributed by atoms with Crippen molar-refractivity contribution in [2.75, 3.05) is 5.32 Å². The molecule has 5 rings (SSSR count). The van der Waals surface area contributed by atoms with E-state index in [0.29, 0.717) is 10.9 Å². The number of fused-ring (bicyclic) bond motifs is 1. The second kappa shape index (κ2) is 7.40. The lowest BCUT2D eigenvalue weighted by Crippen LogP contribution is -2.29. The van der Waals surface area contributed by atoms with Gasteiger partial charge in [0.1, 0.15) is 0 Å². The zero-order valence-electron chi connectivity index (χ0n) is 15.1. The second-order valence-electron chi connectivity index (χ2n) is 6.44. The van der Waals surface area contributed by atoms with Gasteiger partial charge in [-0.05, 0) is 5.56 Å². The van der Waals surface area contributed by atoms with Gasteiger partial charge in [-0.25, -0.2) is 4.98 Å². The van der Waals surface area contributed by atoms with Crippen molar-refractivity contribution in [3.8, 4) is 10.9 Å². The van der Waals surface area contributed by atoms with Crippen molar-refractivity contribution >= 4 is 28.8 Å². The highest BCUT2D eigenvalue weighted by Crippen LogP contribution is 2.25. The number of benzene rings is 2. The van der Waals surface area contributed by atoms with Crippen molar-refractivity contribution in [2.45, 2.75) is 12.6 Å². The predicted molar refractivity (Wildman–Crippen MR) is 110 cm³/mol. The minimum atomic E-state index is -0.831. The summed E-state index contributed by atoms with van der Waals surface area (Å²) in [7, 11) is 0. The molecule has 1 N–H and O–H groups in total. The maximum atomic E-state index is 12.9. The van der Waals surface area contributed by atoms with Crippen molar-refractivity contribution in [1.82, 2.24) is 15.2 Å². The van der Waals surface area contributed by atoms with Crippen molar-refractivity contribution < 1.29 is 9.21 Å². The Bertz CT molecular complexity index is 1180. The van der Waals surface area contributed by atoms with Gasteiger partial charge in [0.2, 0.25) is 0 Å². The predicted octanol–water partition coefficient (Wildman–Crippen LogP) is 3.59. The molecule has 0 bridgehead atoms. The highest BCUT2D eigenvalue weighted by atomic mass is 32.1. The summed E-state index contributed by atoms with van der Waals surface area (Å²) >= 11 is 1.40. The van der Waals surface area contributed by atoms with Crippen LogP contribution in [0.5, 0.6) is 0 Å². The van der Waals surface area contributed by atoms with Crippen molar-refractivity contribution in [3.63, 3.8) is 0 Å². The number of carbonyl (C=O) groups excluding carboxylic acids is 1. The van der Waals surface area contributed by atoms with Gasteiger partial charge >= 0.3 is 6.01 Å². The Labute approximate surface area is 170 Å². The first-order valence-corrected chi connectivity index (χ1v) is 9.90. The number of ketones is 1. The molecule has 0 aliphatic carbocycles. The van der Waals surface area contributed by atoms with Crippen molar-refractivity contribution in [2.24, 2.45) is 4.99 Å². The van der Waals surface area contributed by atoms with Crippen LogP contribution in [0.1, 0.15) is 16.7 Å². The van der Waals surface area contributed by atoms with Crippen LogP contribution in [0.3, 0.4) is 0 Å². The molecule has 0 radical (unpaired) electrons. The molecular weight excluding hydrogens is 386 g/mol. The van der Waals surface area contributed by atoms with Crippen LogP contribution < -0.4 is 5.32 Å². The molecule has 8 heteroatoms. The number of aromatic nitrogens is 3. The average molecular weight is 401 g/mol. The molecule has 0 spiro atoms. The van der Waals surface area contributed by atoms with Gasteiger partial charge in [0.05, 0.1) is 5.71 Å². The molecule has 3 heterocycles. The number of rotatable bonds is 4. The second-order valence-corrected chi connectivity index (χ2v) is 7.34. The van der Waals surface area contributed by atoms with Gasteiger partial charge in [-0.1, -0.05) is 59.7 Å². The van der Waals surface area contributed by atoms with E-state index < -0.39 is 6.17 Å². The van der Waals surface area contributed by atoms with Gasteiger partial charge in [-0.3, -0.25) is 9.79 Å². The number of Topliss-reactive ketones (excluding diaryl/α,β-unsaturated/α-hetero) is 1. The van der Waals surface area contributed by atoms with Crippen LogP contribution in [0, 0.1) is 0 Å². The van der Waals surface area contributed by atoms with E-state index in [1.165, 1.54) is 11.3 Å². The first-order chi connectivity index (χ1) is 14.3. The highest BCUT2D eigenvalue weighted by Gasteiger charge is 2.27. The number of thiazole rings is 1. The Morgan fingerprint density at radius 1 is 1.03 bits per heavy atom. The summed E-state index contributed by atoms with van der Waals surface area (Å²) in [6, 6.07) is 17.8. The van der Waals surface area contributed by atoms with Crippen LogP contribution >= 0.6 is 11.3 Å². The van der Waals surface area contributed by atoms with Gasteiger partial charge in [0.15, 0.2) is 17.0 Å². The van der Waals surface area contributed by atoms with Crippen molar-refractivity contribution in [3.05, 3.63) is 82.9 Å². The van der Waals surface area contributed by atoms with Crippen LogP contribution in [0.4, 0.5) is 6.01 Å². The Kier molecular flexibility index (Phi) is 4.45. The summed E-state index contributed by atoms with van der Waals surface area (Å²) in [6.45, 7) is 0. The van der Waals surface area contributed by atoms with Gasteiger partial charge in [0.25, 0.3) is 5.89 Å². The molecule has 1 aliphatic rings. The number of aliphatic imine (C=N–C) groups is 1. The SMILES string of the molecule is O=C1Cc2ccccc2C(c2ccccc2)=N[C@@H]1Nc1nnc(-c2nccs2)o1. The van der Waals surface area contributed by atoms with Gasteiger partial charge < -0.3 is 9.73 Å². The highest BCUT2D eigenvalue weighted by molar-refractivity contribution is 7.12. The minimum absolute atomic E-state index is 0.0719. The van der Waals surface area contributed by atoms with E-state index in [9.17, 15) is 4.79 Å². The molecule has 2 aromatic heterocycles. The van der Waals surface area contributed by atoms with E-state index in [2.05, 4.69) is 20.5 Å². The fourth-order valence-corrected chi connectivity index (χ4v) is 3.77. The largest absolute Gasteiger partial charge is 0.401 e. The fraction of sp³-hybridized carbons (Fsp3) is 0.0952. The Hall–Kier alpha value is -3.65. The Morgan fingerprint density at radius 2 is 1.86 bits per heavy atom. The molecular formula is C21H15N5O2S. The van der Waals surface area contributed by atoms with Gasteiger partial charge in [-0.2, -0.15) is 0 Å². The maximum Gasteiger partial charge on any atom is 0.317 e. The summed E-state index contributed by atoms with van der Waals surface area (Å²) in [4.78, 5) is 21.8. The number of nitrogens with one attached hydrogen (secondary N) is 1. The van der Waals surface area contributed by atoms with E-state index in [0.717, 1.165) is 22.4 Å². The monoisotopic (exact) mass is 401 g/mol. The molecule has 29 heavy (non-hydrogen) atoms. The van der Waals surface area contributed by atoms with E-state index in [4.69, 9.17) is 9.41 Å². The molecule has 1 aliphatic heterocycles. The van der Waals surface area contributed by atoms with E-state index in [-0.39, 0.29) is 18.2 Å². The summed E-state index contributed by atoms with van der Waals surface area (Å²) in [5.41, 5.74) is 3.59. The van der Waals surface area contributed by atoms with Crippen LogP contribution in [0.25, 0.3) is 10.9 Å². The number of hydrogen-bond donors (Lipinski definition) is 1. The summed E-state index contributed by atoms with van der Waals surface area (Å²) in [6.07, 6.45) is 1.10. The van der Waals surface area contributed by atoms with Crippen LogP contribution in [0.2, 0.25) is 0 Å². The Morgan fingerprint density at radius 3 is 2.69 bits per heavy atom. The number of carbonyl (C=O) groups is 1. The van der Waals surface area contributed by atoms with Crippen LogP contribution in [-0.2, 0) is 11.2 Å². The number of nitrogens with zero attached hydrogens (tertiary/aromatic N) is 4. The fourth-order valence-electron chi connectivity index (χ4n) is 3.21. The molecule has 0 saturated heterocycles. The van der Waals surface area contributed by atoms with E-state index in [1.807, 2.05) is 60.0 Å². The third-order valence-electron chi connectivity index (χ3n) is 4.55. The third kappa shape index (κ3) is 3.45. The first kappa shape index (κ1) is 17.4. The maximum absolute atomic E-state index is 12.9. The molecule has 7 nitrogen and oxygen atoms in total. The van der Waals surface area contributed by atoms with E-state index in [1.54, 1.807) is 6.20 Å². The van der Waals surface area contributed by atoms with Crippen LogP contribution in [-0.4, -0.2) is 32.8 Å². The third-order valence-corrected chi connectivity index (χ3v) is 5.31. The molecule has 0 fully saturated rings. The normalized spacial score (nSPS) is 16.1. The lowest BCUT2D eigenvalue weighted by molar-refractivity contribution is -0.119. The van der Waals surface area contributed by atoms with E-state index >= 15 is 0 Å². The zero-order valence-corrected chi connectivity index (χ0v) is 16.0. The molecule has 2 aromatic carbocycles. The van der Waals surface area contributed by atoms with Gasteiger partial charge in [0, 0.05) is 29.1 Å². The number of anilines is 1. The lowest BCUT2D eigenvalue weighted by atomic mass is 9.96. The van der Waals surface area contributed by atoms with Crippen LogP contribution in [0.15, 0.2) is 75.6 Å². The van der Waals surface area contributed by atoms with Gasteiger partial charge in [-0.15, -0.1) is 16.4 Å². The first-order valence-electron chi connectivity index (χ1n) is 9.02. The zero-order chi connectivity index (χ0) is 19.6. The molecule has 0 amide bonds. The van der Waals surface area contributed by atoms with Crippen molar-refractivity contribution in [1.29, 1.82) is 0 Å². The molecule has 4 aromatic rings. The standard InChI is InChI=1S/C21H15N5O2S/c27-16-12-14-8-4-5-9-15(14)17(13-6-2-1-3-7-13)23-18(16)24-21-26-25-19(28-21)20-22-10-11-29-20/h1-11,18H,12H2,(H,24,26)/t18-/m1/s1. The molecule has 0 saturated carbocycles. The summed E-state index contributed by atoms with van der Waals surface area (Å²) in [5, 5.41) is 13.4. The molecule has 0 unspecified atom stereocenters. The summed E-state index contributed by atoms with van der Waals surface area (Å²) < 4.78 is 5.63. The smallest absolute Gasteiger partial charge is 0.317 e. The average Bonchev–Trinajstić information content (AvgIpc) is 3.42.